The van der Waals surface area contributed by atoms with Crippen LogP contribution in [0.4, 0.5) is 0 Å². The van der Waals surface area contributed by atoms with Gasteiger partial charge in [-0.3, -0.25) is 0 Å². The van der Waals surface area contributed by atoms with E-state index < -0.39 is 0 Å². The molecule has 2 aromatic carbocycles. The summed E-state index contributed by atoms with van der Waals surface area (Å²) >= 11 is 5.39. The van der Waals surface area contributed by atoms with Crippen molar-refractivity contribution >= 4 is 27.7 Å². The smallest absolute Gasteiger partial charge is 0.123 e. The van der Waals surface area contributed by atoms with Crippen LogP contribution in [-0.2, 0) is 6.42 Å². The van der Waals surface area contributed by atoms with Crippen LogP contribution in [-0.4, -0.2) is 24.9 Å². The van der Waals surface area contributed by atoms with Gasteiger partial charge in [-0.1, -0.05) is 34.1 Å². The summed E-state index contributed by atoms with van der Waals surface area (Å²) in [4.78, 5) is 1.33. The number of thioether (sulfide) groups is 1. The van der Waals surface area contributed by atoms with Gasteiger partial charge in [0.1, 0.15) is 11.9 Å². The summed E-state index contributed by atoms with van der Waals surface area (Å²) in [5.74, 6) is 2.11. The normalized spacial score (nSPS) is 16.5. The van der Waals surface area contributed by atoms with Crippen LogP contribution in [0.2, 0.25) is 0 Å². The van der Waals surface area contributed by atoms with Gasteiger partial charge in [-0.2, -0.15) is 0 Å². The van der Waals surface area contributed by atoms with Gasteiger partial charge in [-0.05, 0) is 35.9 Å². The summed E-state index contributed by atoms with van der Waals surface area (Å²) in [6, 6.07) is 16.7. The Labute approximate surface area is 138 Å². The van der Waals surface area contributed by atoms with E-state index in [4.69, 9.17) is 4.74 Å². The Balaban J connectivity index is 1.36. The van der Waals surface area contributed by atoms with Crippen LogP contribution >= 0.6 is 27.7 Å². The van der Waals surface area contributed by atoms with E-state index in [1.54, 1.807) is 0 Å². The number of rotatable bonds is 6. The molecule has 21 heavy (non-hydrogen) atoms. The maximum atomic E-state index is 5.94. The topological polar surface area (TPSA) is 21.3 Å². The summed E-state index contributed by atoms with van der Waals surface area (Å²) in [5, 5.41) is 3.49. The Morgan fingerprint density at radius 2 is 2.05 bits per heavy atom. The molecule has 2 nitrogen and oxygen atoms in total. The van der Waals surface area contributed by atoms with E-state index in [2.05, 4.69) is 57.6 Å². The van der Waals surface area contributed by atoms with Crippen molar-refractivity contribution in [2.45, 2.75) is 17.4 Å². The Hall–Kier alpha value is -0.970. The minimum Gasteiger partial charge on any atom is -0.488 e. The Kier molecular flexibility index (Phi) is 5.22. The highest BCUT2D eigenvalue weighted by Crippen LogP contribution is 2.30. The molecule has 0 radical (unpaired) electrons. The highest BCUT2D eigenvalue weighted by atomic mass is 79.9. The molecule has 1 aliphatic rings. The molecule has 0 bridgehead atoms. The molecule has 3 rings (SSSR count). The Bertz CT molecular complexity index is 591. The number of benzene rings is 2. The zero-order chi connectivity index (χ0) is 14.5. The molecule has 1 N–H and O–H groups in total. The first-order valence-electron chi connectivity index (χ1n) is 7.15. The van der Waals surface area contributed by atoms with E-state index in [1.807, 2.05) is 23.9 Å². The first kappa shape index (κ1) is 14.9. The quantitative estimate of drug-likeness (QED) is 0.615. The van der Waals surface area contributed by atoms with Gasteiger partial charge in [0.05, 0.1) is 0 Å². The van der Waals surface area contributed by atoms with Crippen molar-refractivity contribution in [3.63, 3.8) is 0 Å². The number of hydrogen-bond donors (Lipinski definition) is 1. The lowest BCUT2D eigenvalue weighted by molar-refractivity contribution is 0.229. The highest BCUT2D eigenvalue weighted by molar-refractivity contribution is 9.10. The lowest BCUT2D eigenvalue weighted by Crippen LogP contribution is -2.31. The van der Waals surface area contributed by atoms with Gasteiger partial charge in [-0.25, -0.2) is 0 Å². The van der Waals surface area contributed by atoms with Crippen molar-refractivity contribution in [1.82, 2.24) is 5.32 Å². The molecule has 0 spiro atoms. The molecular weight excluding hydrogens is 346 g/mol. The number of halogens is 1. The van der Waals surface area contributed by atoms with Crippen molar-refractivity contribution in [3.05, 3.63) is 58.6 Å². The Morgan fingerprint density at radius 3 is 2.90 bits per heavy atom. The molecular formula is C17H18BrNOS. The Morgan fingerprint density at radius 1 is 1.19 bits per heavy atom. The van der Waals surface area contributed by atoms with E-state index in [-0.39, 0.29) is 6.10 Å². The molecule has 4 heteroatoms. The van der Waals surface area contributed by atoms with Crippen LogP contribution in [0.1, 0.15) is 5.56 Å². The standard InChI is InChI=1S/C17H18BrNOS/c18-14-6-7-17-13(10-14)11-15(20-17)12-19-8-9-21-16-4-2-1-3-5-16/h1-7,10,15,19H,8-9,11-12H2. The van der Waals surface area contributed by atoms with Gasteiger partial charge in [-0.15, -0.1) is 11.8 Å². The lowest BCUT2D eigenvalue weighted by Gasteiger charge is -2.11. The molecule has 1 aliphatic heterocycles. The fourth-order valence-electron chi connectivity index (χ4n) is 2.42. The number of hydrogen-bond acceptors (Lipinski definition) is 3. The predicted octanol–water partition coefficient (Wildman–Crippen LogP) is 4.13. The number of fused-ring (bicyclic) bond motifs is 1. The molecule has 0 saturated carbocycles. The van der Waals surface area contributed by atoms with Gasteiger partial charge in [0.15, 0.2) is 0 Å². The van der Waals surface area contributed by atoms with Crippen LogP contribution < -0.4 is 10.1 Å². The van der Waals surface area contributed by atoms with Crippen molar-refractivity contribution < 1.29 is 4.74 Å². The summed E-state index contributed by atoms with van der Waals surface area (Å²) in [6.45, 7) is 1.90. The monoisotopic (exact) mass is 363 g/mol. The van der Waals surface area contributed by atoms with Crippen molar-refractivity contribution in [2.24, 2.45) is 0 Å². The molecule has 2 aromatic rings. The molecule has 1 unspecified atom stereocenters. The largest absolute Gasteiger partial charge is 0.488 e. The van der Waals surface area contributed by atoms with E-state index in [9.17, 15) is 0 Å². The van der Waals surface area contributed by atoms with Crippen LogP contribution in [0, 0.1) is 0 Å². The van der Waals surface area contributed by atoms with Crippen molar-refractivity contribution in [3.8, 4) is 5.75 Å². The molecule has 0 aliphatic carbocycles. The first-order valence-corrected chi connectivity index (χ1v) is 8.93. The van der Waals surface area contributed by atoms with Gasteiger partial charge in [0.2, 0.25) is 0 Å². The van der Waals surface area contributed by atoms with Crippen molar-refractivity contribution in [2.75, 3.05) is 18.8 Å². The molecule has 0 saturated heterocycles. The van der Waals surface area contributed by atoms with Crippen LogP contribution in [0.25, 0.3) is 0 Å². The molecule has 0 fully saturated rings. The van der Waals surface area contributed by atoms with Gasteiger partial charge in [0, 0.05) is 34.6 Å². The third kappa shape index (κ3) is 4.25. The zero-order valence-electron chi connectivity index (χ0n) is 11.7. The second kappa shape index (κ2) is 7.34. The maximum Gasteiger partial charge on any atom is 0.123 e. The third-order valence-electron chi connectivity index (χ3n) is 3.43. The summed E-state index contributed by atoms with van der Waals surface area (Å²) in [6.07, 6.45) is 1.25. The second-order valence-electron chi connectivity index (χ2n) is 5.06. The zero-order valence-corrected chi connectivity index (χ0v) is 14.1. The molecule has 110 valence electrons. The maximum absolute atomic E-state index is 5.94. The van der Waals surface area contributed by atoms with E-state index in [0.29, 0.717) is 0 Å². The highest BCUT2D eigenvalue weighted by Gasteiger charge is 2.22. The summed E-state index contributed by atoms with van der Waals surface area (Å²) < 4.78 is 7.06. The minimum absolute atomic E-state index is 0.260. The molecule has 1 atom stereocenters. The lowest BCUT2D eigenvalue weighted by atomic mass is 10.1. The van der Waals surface area contributed by atoms with Crippen LogP contribution in [0.5, 0.6) is 5.75 Å². The number of ether oxygens (including phenoxy) is 1. The predicted molar refractivity (Wildman–Crippen MR) is 92.3 cm³/mol. The summed E-state index contributed by atoms with van der Waals surface area (Å²) in [7, 11) is 0. The first-order chi connectivity index (χ1) is 10.3. The average Bonchev–Trinajstić information content (AvgIpc) is 2.90. The van der Waals surface area contributed by atoms with E-state index in [1.165, 1.54) is 10.5 Å². The van der Waals surface area contributed by atoms with Crippen LogP contribution in [0.3, 0.4) is 0 Å². The summed E-state index contributed by atoms with van der Waals surface area (Å²) in [5.41, 5.74) is 1.30. The molecule has 1 heterocycles. The second-order valence-corrected chi connectivity index (χ2v) is 7.15. The minimum atomic E-state index is 0.260. The molecule has 0 aromatic heterocycles. The number of nitrogens with one attached hydrogen (secondary N) is 1. The fourth-order valence-corrected chi connectivity index (χ4v) is 3.66. The fraction of sp³-hybridized carbons (Fsp3) is 0.294. The van der Waals surface area contributed by atoms with Crippen molar-refractivity contribution in [1.29, 1.82) is 0 Å². The van der Waals surface area contributed by atoms with Gasteiger partial charge >= 0.3 is 0 Å². The van der Waals surface area contributed by atoms with Crippen LogP contribution in [0.15, 0.2) is 57.9 Å². The van der Waals surface area contributed by atoms with E-state index in [0.717, 1.165) is 35.5 Å². The average molecular weight is 364 g/mol. The third-order valence-corrected chi connectivity index (χ3v) is 4.93. The SMILES string of the molecule is Brc1ccc2c(c1)CC(CNCCSc1ccccc1)O2. The van der Waals surface area contributed by atoms with Gasteiger partial charge < -0.3 is 10.1 Å². The van der Waals surface area contributed by atoms with E-state index >= 15 is 0 Å². The molecule has 0 amide bonds. The van der Waals surface area contributed by atoms with Gasteiger partial charge in [0.25, 0.3) is 0 Å².